The van der Waals surface area contributed by atoms with Crippen molar-refractivity contribution in [1.29, 1.82) is 0 Å². The quantitative estimate of drug-likeness (QED) is 0.906. The van der Waals surface area contributed by atoms with Crippen LogP contribution in [0.5, 0.6) is 5.88 Å². The maximum atomic E-state index is 13.3. The van der Waals surface area contributed by atoms with E-state index >= 15 is 0 Å². The van der Waals surface area contributed by atoms with Crippen LogP contribution in [-0.4, -0.2) is 17.1 Å². The summed E-state index contributed by atoms with van der Waals surface area (Å²) in [5.41, 5.74) is 0.835. The monoisotopic (exact) mass is 251 g/mol. The van der Waals surface area contributed by atoms with Gasteiger partial charge < -0.3 is 10.1 Å². The van der Waals surface area contributed by atoms with E-state index in [9.17, 15) is 8.78 Å². The molecule has 0 radical (unpaired) electrons. The van der Waals surface area contributed by atoms with Gasteiger partial charge in [0.1, 0.15) is 5.82 Å². The topological polar surface area (TPSA) is 47.0 Å². The second-order valence-corrected chi connectivity index (χ2v) is 3.55. The number of nitrogens with one attached hydrogen (secondary N) is 1. The Kier molecular flexibility index (Phi) is 3.66. The third-order valence-electron chi connectivity index (χ3n) is 2.27. The lowest BCUT2D eigenvalue weighted by atomic mass is 10.3. The summed E-state index contributed by atoms with van der Waals surface area (Å²) >= 11 is 0. The fraction of sp³-hybridized carbons (Fsp3) is 0.167. The molecule has 0 spiro atoms. The highest BCUT2D eigenvalue weighted by molar-refractivity contribution is 5.36. The molecule has 0 aliphatic heterocycles. The number of methoxy groups -OCH3 is 1. The lowest BCUT2D eigenvalue weighted by Crippen LogP contribution is -2.04. The summed E-state index contributed by atoms with van der Waals surface area (Å²) in [4.78, 5) is 7.63. The van der Waals surface area contributed by atoms with E-state index in [-0.39, 0.29) is 5.82 Å². The zero-order valence-corrected chi connectivity index (χ0v) is 9.65. The SMILES string of the molecule is COc1ccc(CNc2ncc(F)cc2F)cn1. The molecule has 0 bridgehead atoms. The molecule has 2 aromatic heterocycles. The fourth-order valence-corrected chi connectivity index (χ4v) is 1.37. The Morgan fingerprint density at radius 3 is 2.67 bits per heavy atom. The zero-order valence-electron chi connectivity index (χ0n) is 9.65. The Labute approximate surface area is 103 Å². The minimum Gasteiger partial charge on any atom is -0.481 e. The molecule has 2 rings (SSSR count). The van der Waals surface area contributed by atoms with E-state index in [1.807, 2.05) is 0 Å². The van der Waals surface area contributed by atoms with Crippen LogP contribution < -0.4 is 10.1 Å². The maximum Gasteiger partial charge on any atom is 0.212 e. The van der Waals surface area contributed by atoms with E-state index in [4.69, 9.17) is 4.74 Å². The molecule has 6 heteroatoms. The van der Waals surface area contributed by atoms with Crippen molar-refractivity contribution in [2.45, 2.75) is 6.54 Å². The predicted octanol–water partition coefficient (Wildman–Crippen LogP) is 2.38. The standard InChI is InChI=1S/C12H11F2N3O/c1-18-11-3-2-8(5-15-11)6-16-12-10(14)4-9(13)7-17-12/h2-5,7H,6H2,1H3,(H,16,17). The van der Waals surface area contributed by atoms with Gasteiger partial charge in [-0.25, -0.2) is 18.7 Å². The molecule has 2 aromatic rings. The van der Waals surface area contributed by atoms with Gasteiger partial charge in [0.2, 0.25) is 5.88 Å². The largest absolute Gasteiger partial charge is 0.481 e. The minimum atomic E-state index is -0.725. The van der Waals surface area contributed by atoms with Crippen LogP contribution in [0.3, 0.4) is 0 Å². The molecule has 94 valence electrons. The van der Waals surface area contributed by atoms with Gasteiger partial charge in [-0.2, -0.15) is 0 Å². The first-order valence-corrected chi connectivity index (χ1v) is 5.23. The Balaban J connectivity index is 2.02. The second-order valence-electron chi connectivity index (χ2n) is 3.55. The number of pyridine rings is 2. The van der Waals surface area contributed by atoms with Gasteiger partial charge in [0.15, 0.2) is 11.6 Å². The van der Waals surface area contributed by atoms with Gasteiger partial charge in [-0.3, -0.25) is 0 Å². The first-order valence-electron chi connectivity index (χ1n) is 5.23. The van der Waals surface area contributed by atoms with Crippen molar-refractivity contribution in [3.8, 4) is 5.88 Å². The van der Waals surface area contributed by atoms with Crippen molar-refractivity contribution in [2.24, 2.45) is 0 Å². The maximum absolute atomic E-state index is 13.3. The van der Waals surface area contributed by atoms with Gasteiger partial charge >= 0.3 is 0 Å². The number of hydrogen-bond donors (Lipinski definition) is 1. The van der Waals surface area contributed by atoms with Crippen molar-refractivity contribution in [1.82, 2.24) is 9.97 Å². The van der Waals surface area contributed by atoms with Crippen LogP contribution in [0.1, 0.15) is 5.56 Å². The van der Waals surface area contributed by atoms with Crippen molar-refractivity contribution in [3.63, 3.8) is 0 Å². The summed E-state index contributed by atoms with van der Waals surface area (Å²) in [6.07, 6.45) is 2.56. The van der Waals surface area contributed by atoms with Gasteiger partial charge in [0.05, 0.1) is 13.3 Å². The molecule has 2 heterocycles. The van der Waals surface area contributed by atoms with E-state index < -0.39 is 11.6 Å². The highest BCUT2D eigenvalue weighted by atomic mass is 19.1. The molecule has 0 amide bonds. The Hall–Kier alpha value is -2.24. The molecule has 0 fully saturated rings. The van der Waals surface area contributed by atoms with E-state index in [0.29, 0.717) is 12.4 Å². The smallest absolute Gasteiger partial charge is 0.212 e. The van der Waals surface area contributed by atoms with Gasteiger partial charge in [0.25, 0.3) is 0 Å². The van der Waals surface area contributed by atoms with Crippen LogP contribution in [0.4, 0.5) is 14.6 Å². The normalized spacial score (nSPS) is 10.2. The third-order valence-corrected chi connectivity index (χ3v) is 2.27. The van der Waals surface area contributed by atoms with Gasteiger partial charge in [0, 0.05) is 24.9 Å². The molecule has 0 unspecified atom stereocenters. The summed E-state index contributed by atoms with van der Waals surface area (Å²) in [5, 5.41) is 2.76. The second kappa shape index (κ2) is 5.39. The Morgan fingerprint density at radius 2 is 2.06 bits per heavy atom. The molecule has 0 saturated heterocycles. The van der Waals surface area contributed by atoms with Crippen molar-refractivity contribution in [2.75, 3.05) is 12.4 Å². The average Bonchev–Trinajstić information content (AvgIpc) is 2.38. The Bertz CT molecular complexity index is 531. The van der Waals surface area contributed by atoms with E-state index in [0.717, 1.165) is 17.8 Å². The molecule has 18 heavy (non-hydrogen) atoms. The Morgan fingerprint density at radius 1 is 1.22 bits per heavy atom. The molecule has 4 nitrogen and oxygen atoms in total. The van der Waals surface area contributed by atoms with Crippen LogP contribution in [0.15, 0.2) is 30.6 Å². The molecular formula is C12H11F2N3O. The zero-order chi connectivity index (χ0) is 13.0. The fourth-order valence-electron chi connectivity index (χ4n) is 1.37. The summed E-state index contributed by atoms with van der Waals surface area (Å²) in [6, 6.07) is 4.27. The van der Waals surface area contributed by atoms with Crippen LogP contribution in [0, 0.1) is 11.6 Å². The van der Waals surface area contributed by atoms with Crippen molar-refractivity contribution < 1.29 is 13.5 Å². The summed E-state index contributed by atoms with van der Waals surface area (Å²) in [5.74, 6) is -0.919. The summed E-state index contributed by atoms with van der Waals surface area (Å²) < 4.78 is 30.8. The lowest BCUT2D eigenvalue weighted by molar-refractivity contribution is 0.397. The summed E-state index contributed by atoms with van der Waals surface area (Å²) in [6.45, 7) is 0.340. The van der Waals surface area contributed by atoms with Crippen LogP contribution in [-0.2, 0) is 6.54 Å². The number of halogens is 2. The number of aromatic nitrogens is 2. The number of hydrogen-bond acceptors (Lipinski definition) is 4. The molecule has 1 N–H and O–H groups in total. The molecular weight excluding hydrogens is 240 g/mol. The van der Waals surface area contributed by atoms with E-state index in [2.05, 4.69) is 15.3 Å². The highest BCUT2D eigenvalue weighted by Crippen LogP contribution is 2.13. The number of rotatable bonds is 4. The average molecular weight is 251 g/mol. The minimum absolute atomic E-state index is 0.00668. The van der Waals surface area contributed by atoms with E-state index in [1.54, 1.807) is 18.3 Å². The van der Waals surface area contributed by atoms with Crippen LogP contribution >= 0.6 is 0 Å². The first-order chi connectivity index (χ1) is 8.69. The third kappa shape index (κ3) is 2.91. The highest BCUT2D eigenvalue weighted by Gasteiger charge is 2.05. The van der Waals surface area contributed by atoms with Gasteiger partial charge in [-0.1, -0.05) is 6.07 Å². The van der Waals surface area contributed by atoms with Crippen LogP contribution in [0.25, 0.3) is 0 Å². The van der Waals surface area contributed by atoms with Crippen molar-refractivity contribution in [3.05, 3.63) is 47.8 Å². The predicted molar refractivity (Wildman–Crippen MR) is 62.3 cm³/mol. The van der Waals surface area contributed by atoms with Crippen LogP contribution in [0.2, 0.25) is 0 Å². The molecule has 0 aliphatic rings. The first kappa shape index (κ1) is 12.2. The lowest BCUT2D eigenvalue weighted by Gasteiger charge is -2.06. The summed E-state index contributed by atoms with van der Waals surface area (Å²) in [7, 11) is 1.53. The molecule has 0 saturated carbocycles. The van der Waals surface area contributed by atoms with E-state index in [1.165, 1.54) is 7.11 Å². The number of ether oxygens (including phenoxy) is 1. The number of nitrogens with zero attached hydrogens (tertiary/aromatic N) is 2. The van der Waals surface area contributed by atoms with Crippen molar-refractivity contribution >= 4 is 5.82 Å². The molecule has 0 aliphatic carbocycles. The molecule has 0 aromatic carbocycles. The number of anilines is 1. The van der Waals surface area contributed by atoms with Gasteiger partial charge in [-0.15, -0.1) is 0 Å². The molecule has 0 atom stereocenters. The van der Waals surface area contributed by atoms with Gasteiger partial charge in [-0.05, 0) is 5.56 Å².